The molecule has 0 nitrogen and oxygen atoms in total. The molecule has 0 atom stereocenters. The minimum absolute atomic E-state index is 0.194. The van der Waals surface area contributed by atoms with Crippen molar-refractivity contribution < 1.29 is 0 Å². The third kappa shape index (κ3) is 4.43. The summed E-state index contributed by atoms with van der Waals surface area (Å²) in [7, 11) is 0. The number of hydrogen-bond donors (Lipinski definition) is 0. The Bertz CT molecular complexity index is 582. The summed E-state index contributed by atoms with van der Waals surface area (Å²) in [5.41, 5.74) is 1.64. The average molecular weight is 319 g/mol. The van der Waals surface area contributed by atoms with Crippen LogP contribution in [-0.2, 0) is 5.41 Å². The summed E-state index contributed by atoms with van der Waals surface area (Å²) in [5.74, 6) is 3.72. The molecular weight excluding hydrogens is 292 g/mol. The van der Waals surface area contributed by atoms with Gasteiger partial charge in [-0.3, -0.25) is 0 Å². The first kappa shape index (κ1) is 16.8. The number of rotatable bonds is 6. The van der Waals surface area contributed by atoms with E-state index in [1.807, 2.05) is 11.8 Å². The molecule has 0 fully saturated rings. The van der Waals surface area contributed by atoms with Gasteiger partial charge in [-0.25, -0.2) is 0 Å². The van der Waals surface area contributed by atoms with Crippen molar-refractivity contribution in [2.75, 3.05) is 17.3 Å². The minimum Gasteiger partial charge on any atom is -0.161 e. The minimum atomic E-state index is 0.194. The van der Waals surface area contributed by atoms with Gasteiger partial charge in [0.25, 0.3) is 0 Å². The van der Waals surface area contributed by atoms with Gasteiger partial charge in [-0.2, -0.15) is 11.8 Å². The zero-order valence-corrected chi connectivity index (χ0v) is 15.2. The molecule has 0 aliphatic rings. The first-order chi connectivity index (χ1) is 10.0. The summed E-state index contributed by atoms with van der Waals surface area (Å²) in [5, 5.41) is 2.83. The molecule has 0 saturated carbocycles. The molecule has 0 radical (unpaired) electrons. The molecule has 2 heteroatoms. The molecule has 0 aliphatic heterocycles. The Morgan fingerprint density at radius 2 is 1.57 bits per heavy atom. The van der Waals surface area contributed by atoms with Crippen LogP contribution in [0.5, 0.6) is 0 Å². The maximum atomic E-state index is 2.32. The van der Waals surface area contributed by atoms with Crippen LogP contribution < -0.4 is 0 Å². The Balaban J connectivity index is 2.22. The van der Waals surface area contributed by atoms with E-state index in [4.69, 9.17) is 0 Å². The van der Waals surface area contributed by atoms with Gasteiger partial charge in [-0.05, 0) is 40.0 Å². The smallest absolute Gasteiger partial charge is 0.0151 e. The predicted molar refractivity (Wildman–Crippen MR) is 101 cm³/mol. The fraction of sp³-hybridized carbons (Fsp3) is 0.474. The maximum Gasteiger partial charge on any atom is 0.0151 e. The van der Waals surface area contributed by atoms with Gasteiger partial charge in [-0.1, -0.05) is 58.0 Å². The highest BCUT2D eigenvalue weighted by Crippen LogP contribution is 2.35. The fourth-order valence-electron chi connectivity index (χ4n) is 2.51. The molecular formula is C19H26S2. The monoisotopic (exact) mass is 318 g/mol. The van der Waals surface area contributed by atoms with Gasteiger partial charge >= 0.3 is 0 Å². The van der Waals surface area contributed by atoms with Crippen LogP contribution in [0.1, 0.15) is 39.7 Å². The van der Waals surface area contributed by atoms with Gasteiger partial charge in [0.2, 0.25) is 0 Å². The highest BCUT2D eigenvalue weighted by molar-refractivity contribution is 8.03. The van der Waals surface area contributed by atoms with Crippen LogP contribution in [0.3, 0.4) is 0 Å². The van der Waals surface area contributed by atoms with Gasteiger partial charge < -0.3 is 0 Å². The molecule has 0 unspecified atom stereocenters. The second-order valence-corrected chi connectivity index (χ2v) is 8.73. The van der Waals surface area contributed by atoms with Crippen LogP contribution in [0, 0.1) is 0 Å². The van der Waals surface area contributed by atoms with Crippen molar-refractivity contribution in [3.63, 3.8) is 0 Å². The summed E-state index contributed by atoms with van der Waals surface area (Å²) < 4.78 is 0. The summed E-state index contributed by atoms with van der Waals surface area (Å²) in [4.78, 5) is 1.43. The number of benzene rings is 2. The number of thioether (sulfide) groups is 2. The first-order valence-corrected chi connectivity index (χ1v) is 9.91. The number of fused-ring (bicyclic) bond motifs is 1. The van der Waals surface area contributed by atoms with Crippen LogP contribution in [0.15, 0.2) is 41.3 Å². The molecule has 2 rings (SSSR count). The first-order valence-electron chi connectivity index (χ1n) is 7.77. The van der Waals surface area contributed by atoms with Crippen LogP contribution in [0.4, 0.5) is 0 Å². The van der Waals surface area contributed by atoms with Gasteiger partial charge in [0.15, 0.2) is 0 Å². The lowest BCUT2D eigenvalue weighted by atomic mass is 9.84. The normalized spacial score (nSPS) is 12.0. The highest BCUT2D eigenvalue weighted by atomic mass is 32.2. The lowest BCUT2D eigenvalue weighted by Gasteiger charge is -2.22. The Morgan fingerprint density at radius 1 is 0.857 bits per heavy atom. The molecule has 0 aromatic heterocycles. The summed E-state index contributed by atoms with van der Waals surface area (Å²) in [6, 6.07) is 13.5. The Labute approximate surface area is 138 Å². The molecule has 0 saturated heterocycles. The van der Waals surface area contributed by atoms with Crippen LogP contribution in [0.25, 0.3) is 10.8 Å². The third-order valence-corrected chi connectivity index (χ3v) is 6.05. The lowest BCUT2D eigenvalue weighted by molar-refractivity contribution is 0.595. The Hall–Kier alpha value is -0.600. The van der Waals surface area contributed by atoms with E-state index in [1.54, 1.807) is 0 Å². The van der Waals surface area contributed by atoms with Crippen molar-refractivity contribution in [1.82, 2.24) is 0 Å². The van der Waals surface area contributed by atoms with Crippen molar-refractivity contribution in [2.45, 2.75) is 44.4 Å². The predicted octanol–water partition coefficient (Wildman–Crippen LogP) is 6.37. The quantitative estimate of drug-likeness (QED) is 0.448. The zero-order valence-electron chi connectivity index (χ0n) is 13.6. The van der Waals surface area contributed by atoms with Crippen LogP contribution in [0.2, 0.25) is 0 Å². The van der Waals surface area contributed by atoms with Crippen LogP contribution >= 0.6 is 23.5 Å². The van der Waals surface area contributed by atoms with Crippen molar-refractivity contribution in [2.24, 2.45) is 0 Å². The highest BCUT2D eigenvalue weighted by Gasteiger charge is 2.17. The molecule has 0 aliphatic carbocycles. The van der Waals surface area contributed by atoms with Gasteiger partial charge in [0.1, 0.15) is 0 Å². The fourth-order valence-corrected chi connectivity index (χ4v) is 4.52. The van der Waals surface area contributed by atoms with Crippen molar-refractivity contribution in [1.29, 1.82) is 0 Å². The van der Waals surface area contributed by atoms with Gasteiger partial charge in [0, 0.05) is 16.4 Å². The van der Waals surface area contributed by atoms with E-state index in [0.29, 0.717) is 0 Å². The van der Waals surface area contributed by atoms with E-state index in [9.17, 15) is 0 Å². The van der Waals surface area contributed by atoms with E-state index in [1.165, 1.54) is 44.9 Å². The lowest BCUT2D eigenvalue weighted by Crippen LogP contribution is -2.11. The molecule has 21 heavy (non-hydrogen) atoms. The molecule has 0 bridgehead atoms. The van der Waals surface area contributed by atoms with Gasteiger partial charge in [-0.15, -0.1) is 11.8 Å². The van der Waals surface area contributed by atoms with E-state index in [-0.39, 0.29) is 5.41 Å². The second kappa shape index (κ2) is 7.60. The zero-order chi connectivity index (χ0) is 15.3. The van der Waals surface area contributed by atoms with Crippen molar-refractivity contribution in [3.8, 4) is 0 Å². The molecule has 0 amide bonds. The van der Waals surface area contributed by atoms with Crippen LogP contribution in [-0.4, -0.2) is 17.3 Å². The Morgan fingerprint density at radius 3 is 2.24 bits per heavy atom. The second-order valence-electron chi connectivity index (χ2n) is 6.37. The number of hydrogen-bond acceptors (Lipinski definition) is 2. The standard InChI is InChI=1S/C19H26S2/c1-5-12-20-13-14-21-18-11-10-17(19(2,3)4)15-8-6-7-9-16(15)18/h6-11H,5,12-14H2,1-4H3. The maximum absolute atomic E-state index is 2.32. The summed E-state index contributed by atoms with van der Waals surface area (Å²) in [6.45, 7) is 9.13. The SMILES string of the molecule is CCCSCCSc1ccc(C(C)(C)C)c2ccccc12. The largest absolute Gasteiger partial charge is 0.161 e. The van der Waals surface area contributed by atoms with Crippen molar-refractivity contribution in [3.05, 3.63) is 42.0 Å². The molecule has 0 spiro atoms. The average Bonchev–Trinajstić information content (AvgIpc) is 2.45. The van der Waals surface area contributed by atoms with E-state index in [0.717, 1.165) is 0 Å². The molecule has 0 heterocycles. The Kier molecular flexibility index (Phi) is 6.07. The molecule has 2 aromatic rings. The summed E-state index contributed by atoms with van der Waals surface area (Å²) in [6.07, 6.45) is 1.28. The van der Waals surface area contributed by atoms with E-state index < -0.39 is 0 Å². The van der Waals surface area contributed by atoms with E-state index in [2.05, 4.69) is 75.9 Å². The summed E-state index contributed by atoms with van der Waals surface area (Å²) >= 11 is 4.06. The van der Waals surface area contributed by atoms with E-state index >= 15 is 0 Å². The van der Waals surface area contributed by atoms with Crippen molar-refractivity contribution >= 4 is 34.3 Å². The molecule has 114 valence electrons. The molecule has 0 N–H and O–H groups in total. The third-order valence-electron chi connectivity index (χ3n) is 3.53. The topological polar surface area (TPSA) is 0 Å². The molecule has 2 aromatic carbocycles. The van der Waals surface area contributed by atoms with Gasteiger partial charge in [0.05, 0.1) is 0 Å².